The second kappa shape index (κ2) is 7.50. The van der Waals surface area contributed by atoms with Crippen molar-refractivity contribution >= 4 is 29.9 Å². The summed E-state index contributed by atoms with van der Waals surface area (Å²) >= 11 is 0. The predicted molar refractivity (Wildman–Crippen MR) is 91.5 cm³/mol. The summed E-state index contributed by atoms with van der Waals surface area (Å²) in [5, 5.41) is 9.08. The smallest absolute Gasteiger partial charge is 0.186 e. The molecule has 0 saturated carbocycles. The second-order valence-corrected chi connectivity index (χ2v) is 4.10. The monoisotopic (exact) mass is 378 g/mol. The Morgan fingerprint density at radius 2 is 1.70 bits per heavy atom. The fourth-order valence-electron chi connectivity index (χ4n) is 1.80. The average Bonchev–Trinajstić information content (AvgIpc) is 2.45. The van der Waals surface area contributed by atoms with Gasteiger partial charge in [-0.25, -0.2) is 4.99 Å². The van der Waals surface area contributed by atoms with Gasteiger partial charge in [0.2, 0.25) is 0 Å². The first-order chi connectivity index (χ1) is 9.20. The minimum Gasteiger partial charge on any atom is -0.370 e. The van der Waals surface area contributed by atoms with Gasteiger partial charge in [-0.05, 0) is 22.8 Å². The number of nitriles is 1. The van der Waals surface area contributed by atoms with Gasteiger partial charge in [0.1, 0.15) is 0 Å². The van der Waals surface area contributed by atoms with Gasteiger partial charge in [-0.15, -0.1) is 24.0 Å². The van der Waals surface area contributed by atoms with Gasteiger partial charge in [0, 0.05) is 0 Å². The van der Waals surface area contributed by atoms with Crippen molar-refractivity contribution < 1.29 is 0 Å². The van der Waals surface area contributed by atoms with Crippen LogP contribution in [-0.4, -0.2) is 5.96 Å². The Balaban J connectivity index is 0.00000200. The molecule has 0 bridgehead atoms. The van der Waals surface area contributed by atoms with E-state index in [1.807, 2.05) is 48.5 Å². The summed E-state index contributed by atoms with van der Waals surface area (Å²) in [6.45, 7) is 0.461. The van der Waals surface area contributed by atoms with Crippen LogP contribution in [0.1, 0.15) is 11.1 Å². The molecule has 0 amide bonds. The number of nitrogens with zero attached hydrogens (tertiary/aromatic N) is 2. The third-order valence-corrected chi connectivity index (χ3v) is 2.76. The molecule has 0 atom stereocenters. The highest BCUT2D eigenvalue weighted by molar-refractivity contribution is 14.0. The summed E-state index contributed by atoms with van der Waals surface area (Å²) in [6.07, 6.45) is 0. The SMILES string of the molecule is I.N#Cc1ccccc1-c1ccc(CN=C(N)N)cc1. The van der Waals surface area contributed by atoms with E-state index < -0.39 is 0 Å². The molecule has 20 heavy (non-hydrogen) atoms. The molecule has 5 heteroatoms. The molecule has 2 aromatic carbocycles. The topological polar surface area (TPSA) is 88.2 Å². The lowest BCUT2D eigenvalue weighted by atomic mass is 9.99. The summed E-state index contributed by atoms with van der Waals surface area (Å²) in [5.41, 5.74) is 14.2. The largest absolute Gasteiger partial charge is 0.370 e. The standard InChI is InChI=1S/C15H14N4.HI/c16-9-13-3-1-2-4-14(13)12-7-5-11(6-8-12)10-19-15(17)18;/h1-8H,10H2,(H4,17,18,19);1H. The quantitative estimate of drug-likeness (QED) is 0.489. The van der Waals surface area contributed by atoms with Gasteiger partial charge in [0.05, 0.1) is 18.2 Å². The normalized spacial score (nSPS) is 9.15. The zero-order chi connectivity index (χ0) is 13.7. The molecule has 0 heterocycles. The molecule has 102 valence electrons. The number of hydrogen-bond acceptors (Lipinski definition) is 2. The van der Waals surface area contributed by atoms with Crippen LogP contribution in [0.4, 0.5) is 0 Å². The maximum atomic E-state index is 9.08. The lowest BCUT2D eigenvalue weighted by Gasteiger charge is -2.05. The highest BCUT2D eigenvalue weighted by Crippen LogP contribution is 2.23. The van der Waals surface area contributed by atoms with Crippen molar-refractivity contribution in [1.82, 2.24) is 0 Å². The third kappa shape index (κ3) is 3.96. The minimum atomic E-state index is 0. The number of halogens is 1. The number of guanidine groups is 1. The Labute approximate surface area is 135 Å². The van der Waals surface area contributed by atoms with Gasteiger partial charge in [-0.3, -0.25) is 0 Å². The Morgan fingerprint density at radius 1 is 1.05 bits per heavy atom. The summed E-state index contributed by atoms with van der Waals surface area (Å²) < 4.78 is 0. The zero-order valence-electron chi connectivity index (χ0n) is 10.8. The molecule has 4 nitrogen and oxygen atoms in total. The van der Waals surface area contributed by atoms with E-state index in [1.54, 1.807) is 0 Å². The van der Waals surface area contributed by atoms with Crippen molar-refractivity contribution in [3.8, 4) is 17.2 Å². The molecule has 0 radical (unpaired) electrons. The number of hydrogen-bond donors (Lipinski definition) is 2. The van der Waals surface area contributed by atoms with Crippen molar-refractivity contribution in [2.45, 2.75) is 6.54 Å². The van der Waals surface area contributed by atoms with Crippen molar-refractivity contribution in [1.29, 1.82) is 5.26 Å². The summed E-state index contributed by atoms with van der Waals surface area (Å²) in [5.74, 6) is 0.0823. The summed E-state index contributed by atoms with van der Waals surface area (Å²) in [4.78, 5) is 3.95. The fourth-order valence-corrected chi connectivity index (χ4v) is 1.80. The molecule has 2 aromatic rings. The molecule has 4 N–H and O–H groups in total. The van der Waals surface area contributed by atoms with Crippen molar-refractivity contribution in [2.75, 3.05) is 0 Å². The summed E-state index contributed by atoms with van der Waals surface area (Å²) in [6, 6.07) is 17.6. The number of aliphatic imine (C=N–C) groups is 1. The lowest BCUT2D eigenvalue weighted by Crippen LogP contribution is -2.22. The first-order valence-corrected chi connectivity index (χ1v) is 5.84. The Bertz CT molecular complexity index is 638. The zero-order valence-corrected chi connectivity index (χ0v) is 13.1. The first kappa shape index (κ1) is 16.0. The number of benzene rings is 2. The van der Waals surface area contributed by atoms with E-state index in [4.69, 9.17) is 16.7 Å². The Kier molecular flexibility index (Phi) is 6.00. The van der Waals surface area contributed by atoms with Gasteiger partial charge in [0.15, 0.2) is 5.96 Å². The highest BCUT2D eigenvalue weighted by Gasteiger charge is 2.03. The number of rotatable bonds is 3. The molecular formula is C15H15IN4. The molecule has 0 unspecified atom stereocenters. The van der Waals surface area contributed by atoms with E-state index in [2.05, 4.69) is 11.1 Å². The van der Waals surface area contributed by atoms with Crippen LogP contribution >= 0.6 is 24.0 Å². The van der Waals surface area contributed by atoms with Crippen LogP contribution < -0.4 is 11.5 Å². The van der Waals surface area contributed by atoms with Crippen molar-refractivity contribution in [3.05, 3.63) is 59.7 Å². The second-order valence-electron chi connectivity index (χ2n) is 4.10. The predicted octanol–water partition coefficient (Wildman–Crippen LogP) is 2.62. The van der Waals surface area contributed by atoms with Crippen molar-refractivity contribution in [2.24, 2.45) is 16.5 Å². The van der Waals surface area contributed by atoms with E-state index in [9.17, 15) is 0 Å². The average molecular weight is 378 g/mol. The molecule has 0 aliphatic heterocycles. The first-order valence-electron chi connectivity index (χ1n) is 5.84. The van der Waals surface area contributed by atoms with E-state index >= 15 is 0 Å². The summed E-state index contributed by atoms with van der Waals surface area (Å²) in [7, 11) is 0. The van der Waals surface area contributed by atoms with Crippen LogP contribution in [0.3, 0.4) is 0 Å². The maximum absolute atomic E-state index is 9.08. The maximum Gasteiger partial charge on any atom is 0.186 e. The molecule has 2 rings (SSSR count). The lowest BCUT2D eigenvalue weighted by molar-refractivity contribution is 1.05. The van der Waals surface area contributed by atoms with Crippen LogP contribution in [0.15, 0.2) is 53.5 Å². The molecule has 0 aliphatic carbocycles. The molecule has 0 aliphatic rings. The Hall–Kier alpha value is -2.07. The van der Waals surface area contributed by atoms with Gasteiger partial charge in [-0.2, -0.15) is 5.26 Å². The molecule has 0 saturated heterocycles. The molecule has 0 spiro atoms. The molecule has 0 fully saturated rings. The van der Waals surface area contributed by atoms with Crippen LogP contribution in [0, 0.1) is 11.3 Å². The number of nitrogens with two attached hydrogens (primary N) is 2. The van der Waals surface area contributed by atoms with Crippen molar-refractivity contribution in [3.63, 3.8) is 0 Å². The van der Waals surface area contributed by atoms with E-state index in [1.165, 1.54) is 0 Å². The van der Waals surface area contributed by atoms with E-state index in [-0.39, 0.29) is 29.9 Å². The highest BCUT2D eigenvalue weighted by atomic mass is 127. The molecular weight excluding hydrogens is 363 g/mol. The van der Waals surface area contributed by atoms with Crippen LogP contribution in [0.25, 0.3) is 11.1 Å². The van der Waals surface area contributed by atoms with Gasteiger partial charge in [-0.1, -0.05) is 42.5 Å². The fraction of sp³-hybridized carbons (Fsp3) is 0.0667. The van der Waals surface area contributed by atoms with E-state index in [0.717, 1.165) is 16.7 Å². The Morgan fingerprint density at radius 3 is 2.30 bits per heavy atom. The molecule has 0 aromatic heterocycles. The van der Waals surface area contributed by atoms with E-state index in [0.29, 0.717) is 12.1 Å². The van der Waals surface area contributed by atoms with Crippen LogP contribution in [0.2, 0.25) is 0 Å². The van der Waals surface area contributed by atoms with Crippen LogP contribution in [0.5, 0.6) is 0 Å². The van der Waals surface area contributed by atoms with Gasteiger partial charge < -0.3 is 11.5 Å². The minimum absolute atomic E-state index is 0. The van der Waals surface area contributed by atoms with Gasteiger partial charge in [0.25, 0.3) is 0 Å². The van der Waals surface area contributed by atoms with Crippen LogP contribution in [-0.2, 0) is 6.54 Å². The van der Waals surface area contributed by atoms with Gasteiger partial charge >= 0.3 is 0 Å². The third-order valence-electron chi connectivity index (χ3n) is 2.76.